The highest BCUT2D eigenvalue weighted by Gasteiger charge is 2.23. The monoisotopic (exact) mass is 654 g/mol. The summed E-state index contributed by atoms with van der Waals surface area (Å²) in [4.78, 5) is 15.6. The zero-order valence-corrected chi connectivity index (χ0v) is 27.1. The molecule has 4 aromatic heterocycles. The molecular formula is C45H26N4O2. The molecule has 6 heteroatoms. The molecule has 11 rings (SSSR count). The molecule has 6 nitrogen and oxygen atoms in total. The molecule has 0 bridgehead atoms. The molecule has 0 fully saturated rings. The van der Waals surface area contributed by atoms with E-state index >= 15 is 0 Å². The topological polar surface area (TPSA) is 69.9 Å². The average molecular weight is 655 g/mol. The van der Waals surface area contributed by atoms with Gasteiger partial charge in [-0.2, -0.15) is 0 Å². The number of para-hydroxylation sites is 4. The van der Waals surface area contributed by atoms with Gasteiger partial charge in [-0.1, -0.05) is 109 Å². The molecule has 0 unspecified atom stereocenters. The second kappa shape index (κ2) is 10.7. The van der Waals surface area contributed by atoms with E-state index in [4.69, 9.17) is 23.8 Å². The van der Waals surface area contributed by atoms with Gasteiger partial charge in [0, 0.05) is 43.6 Å². The Morgan fingerprint density at radius 2 is 0.961 bits per heavy atom. The number of furan rings is 2. The van der Waals surface area contributed by atoms with Crippen molar-refractivity contribution in [2.24, 2.45) is 0 Å². The Morgan fingerprint density at radius 1 is 0.373 bits per heavy atom. The van der Waals surface area contributed by atoms with Crippen LogP contribution in [0.5, 0.6) is 0 Å². The Bertz CT molecular complexity index is 3100. The summed E-state index contributed by atoms with van der Waals surface area (Å²) in [5.74, 6) is 1.72. The van der Waals surface area contributed by atoms with E-state index in [0.717, 1.165) is 77.3 Å². The van der Waals surface area contributed by atoms with E-state index in [9.17, 15) is 0 Å². The predicted molar refractivity (Wildman–Crippen MR) is 205 cm³/mol. The molecule has 11 aromatic rings. The van der Waals surface area contributed by atoms with Gasteiger partial charge < -0.3 is 13.4 Å². The van der Waals surface area contributed by atoms with Crippen LogP contribution < -0.4 is 0 Å². The number of fused-ring (bicyclic) bond motifs is 10. The second-order valence-electron chi connectivity index (χ2n) is 12.8. The molecule has 0 amide bonds. The van der Waals surface area contributed by atoms with Crippen molar-refractivity contribution in [1.29, 1.82) is 0 Å². The number of aromatic nitrogens is 4. The molecule has 0 spiro atoms. The zero-order valence-electron chi connectivity index (χ0n) is 27.1. The largest absolute Gasteiger partial charge is 0.456 e. The maximum atomic E-state index is 6.52. The first kappa shape index (κ1) is 27.9. The highest BCUT2D eigenvalue weighted by Crippen LogP contribution is 2.43. The van der Waals surface area contributed by atoms with Crippen LogP contribution >= 0.6 is 0 Å². The number of hydrogen-bond donors (Lipinski definition) is 0. The lowest BCUT2D eigenvalue weighted by Crippen LogP contribution is -2.03. The molecule has 0 aliphatic carbocycles. The van der Waals surface area contributed by atoms with Gasteiger partial charge in [0.2, 0.25) is 0 Å². The summed E-state index contributed by atoms with van der Waals surface area (Å²) in [7, 11) is 0. The quantitative estimate of drug-likeness (QED) is 0.189. The van der Waals surface area contributed by atoms with Crippen LogP contribution in [-0.4, -0.2) is 19.5 Å². The van der Waals surface area contributed by atoms with Gasteiger partial charge in [0.1, 0.15) is 22.3 Å². The highest BCUT2D eigenvalue weighted by atomic mass is 16.3. The fourth-order valence-corrected chi connectivity index (χ4v) is 7.64. The van der Waals surface area contributed by atoms with Crippen LogP contribution in [0.4, 0.5) is 0 Å². The van der Waals surface area contributed by atoms with E-state index in [1.807, 2.05) is 72.8 Å². The van der Waals surface area contributed by atoms with Gasteiger partial charge in [0.05, 0.1) is 22.1 Å². The van der Waals surface area contributed by atoms with Gasteiger partial charge in [-0.3, -0.25) is 0 Å². The van der Waals surface area contributed by atoms with Gasteiger partial charge in [-0.25, -0.2) is 15.0 Å². The van der Waals surface area contributed by atoms with Gasteiger partial charge in [0.15, 0.2) is 17.5 Å². The minimum atomic E-state index is 0.553. The Labute approximate surface area is 290 Å². The van der Waals surface area contributed by atoms with Gasteiger partial charge >= 0.3 is 0 Å². The van der Waals surface area contributed by atoms with E-state index in [1.54, 1.807) is 0 Å². The summed E-state index contributed by atoms with van der Waals surface area (Å²) in [5.41, 5.74) is 8.98. The molecule has 0 N–H and O–H groups in total. The van der Waals surface area contributed by atoms with Crippen LogP contribution in [-0.2, 0) is 0 Å². The molecular weight excluding hydrogens is 629 g/mol. The van der Waals surface area contributed by atoms with Crippen molar-refractivity contribution in [1.82, 2.24) is 19.5 Å². The Morgan fingerprint density at radius 3 is 1.76 bits per heavy atom. The fourth-order valence-electron chi connectivity index (χ4n) is 7.64. The van der Waals surface area contributed by atoms with Crippen LogP contribution in [0.2, 0.25) is 0 Å². The Balaban J connectivity index is 1.21. The van der Waals surface area contributed by atoms with E-state index in [0.29, 0.717) is 17.5 Å². The zero-order chi connectivity index (χ0) is 33.5. The van der Waals surface area contributed by atoms with Crippen LogP contribution in [0.25, 0.3) is 106 Å². The van der Waals surface area contributed by atoms with Crippen LogP contribution in [0, 0.1) is 0 Å². The lowest BCUT2D eigenvalue weighted by atomic mass is 10.0. The van der Waals surface area contributed by atoms with Crippen molar-refractivity contribution >= 4 is 65.7 Å². The summed E-state index contributed by atoms with van der Waals surface area (Å²) in [5, 5.41) is 6.31. The first-order valence-corrected chi connectivity index (χ1v) is 17.0. The third-order valence-electron chi connectivity index (χ3n) is 9.88. The van der Waals surface area contributed by atoms with Crippen LogP contribution in [0.3, 0.4) is 0 Å². The lowest BCUT2D eigenvalue weighted by Gasteiger charge is -2.14. The first-order chi connectivity index (χ1) is 25.3. The smallest absolute Gasteiger partial charge is 0.166 e. The molecule has 0 atom stereocenters. The maximum absolute atomic E-state index is 6.52. The van der Waals surface area contributed by atoms with Crippen molar-refractivity contribution in [2.75, 3.05) is 0 Å². The molecule has 238 valence electrons. The molecule has 0 radical (unpaired) electrons. The highest BCUT2D eigenvalue weighted by molar-refractivity contribution is 6.24. The Kier molecular flexibility index (Phi) is 5.86. The standard InChI is InChI=1S/C45H26N4O2/c1-2-13-27(14-3-1)43-46-44(32-18-6-10-22-36(32)49-34-20-8-4-15-28(34)29-16-5-9-21-35(29)49)48-45(47-43)33-19-12-24-38-40(33)41-39(50-38)26-25-31-30-17-7-11-23-37(30)51-42(31)41/h1-26H. The minimum Gasteiger partial charge on any atom is -0.456 e. The number of rotatable bonds is 4. The van der Waals surface area contributed by atoms with Crippen molar-refractivity contribution in [3.05, 3.63) is 158 Å². The normalized spacial score (nSPS) is 11.9. The second-order valence-corrected chi connectivity index (χ2v) is 12.8. The molecule has 0 saturated heterocycles. The summed E-state index contributed by atoms with van der Waals surface area (Å²) in [6, 6.07) is 53.8. The lowest BCUT2D eigenvalue weighted by molar-refractivity contribution is 0.663. The van der Waals surface area contributed by atoms with Crippen LogP contribution in [0.1, 0.15) is 0 Å². The molecule has 0 aliphatic rings. The predicted octanol–water partition coefficient (Wildman–Crippen LogP) is 11.8. The summed E-state index contributed by atoms with van der Waals surface area (Å²) >= 11 is 0. The van der Waals surface area contributed by atoms with Gasteiger partial charge in [-0.05, 0) is 48.5 Å². The number of nitrogens with zero attached hydrogens (tertiary/aromatic N) is 4. The average Bonchev–Trinajstić information content (AvgIpc) is 3.87. The summed E-state index contributed by atoms with van der Waals surface area (Å²) < 4.78 is 15.3. The van der Waals surface area contributed by atoms with E-state index in [-0.39, 0.29) is 0 Å². The van der Waals surface area contributed by atoms with E-state index < -0.39 is 0 Å². The summed E-state index contributed by atoms with van der Waals surface area (Å²) in [6.45, 7) is 0. The SMILES string of the molecule is c1ccc(-c2nc(-c3ccccc3-n3c4ccccc4c4ccccc43)nc(-c3cccc4oc5ccc6c7ccccc7oc6c5c34)n2)cc1. The molecule has 0 aliphatic heterocycles. The van der Waals surface area contributed by atoms with E-state index in [2.05, 4.69) is 89.5 Å². The van der Waals surface area contributed by atoms with Crippen molar-refractivity contribution < 1.29 is 8.83 Å². The van der Waals surface area contributed by atoms with Crippen LogP contribution in [0.15, 0.2) is 167 Å². The number of hydrogen-bond acceptors (Lipinski definition) is 5. The minimum absolute atomic E-state index is 0.553. The first-order valence-electron chi connectivity index (χ1n) is 17.0. The molecule has 51 heavy (non-hydrogen) atoms. The maximum Gasteiger partial charge on any atom is 0.166 e. The molecule has 0 saturated carbocycles. The van der Waals surface area contributed by atoms with Gasteiger partial charge in [-0.15, -0.1) is 0 Å². The Hall–Kier alpha value is -7.05. The summed E-state index contributed by atoms with van der Waals surface area (Å²) in [6.07, 6.45) is 0. The fraction of sp³-hybridized carbons (Fsp3) is 0. The molecule has 7 aromatic carbocycles. The van der Waals surface area contributed by atoms with Crippen molar-refractivity contribution in [3.8, 4) is 39.9 Å². The number of benzene rings is 7. The van der Waals surface area contributed by atoms with Crippen molar-refractivity contribution in [2.45, 2.75) is 0 Å². The van der Waals surface area contributed by atoms with Gasteiger partial charge in [0.25, 0.3) is 0 Å². The molecule has 4 heterocycles. The van der Waals surface area contributed by atoms with E-state index in [1.165, 1.54) is 10.8 Å². The third kappa shape index (κ3) is 4.14. The van der Waals surface area contributed by atoms with Crippen molar-refractivity contribution in [3.63, 3.8) is 0 Å². The third-order valence-corrected chi connectivity index (χ3v) is 9.88.